The number of aryl methyl sites for hydroxylation is 2. The molecule has 2 heterocycles. The van der Waals surface area contributed by atoms with Crippen LogP contribution in [0.4, 0.5) is 0 Å². The van der Waals surface area contributed by atoms with Gasteiger partial charge in [-0.15, -0.1) is 10.2 Å². The summed E-state index contributed by atoms with van der Waals surface area (Å²) < 4.78 is 1.82. The molecule has 0 saturated carbocycles. The molecule has 1 amide bonds. The van der Waals surface area contributed by atoms with Crippen molar-refractivity contribution in [2.75, 3.05) is 5.75 Å². The van der Waals surface area contributed by atoms with Crippen LogP contribution in [0.25, 0.3) is 5.78 Å². The normalized spacial score (nSPS) is 13.8. The predicted octanol–water partition coefficient (Wildman–Crippen LogP) is 1.89. The molecule has 0 aliphatic heterocycles. The zero-order valence-electron chi connectivity index (χ0n) is 13.9. The minimum atomic E-state index is -0.876. The summed E-state index contributed by atoms with van der Waals surface area (Å²) in [4.78, 5) is 16.4. The molecular weight excluding hydrogens is 312 g/mol. The van der Waals surface area contributed by atoms with Crippen molar-refractivity contribution in [3.05, 3.63) is 17.5 Å². The summed E-state index contributed by atoms with van der Waals surface area (Å²) in [5.41, 5.74) is 0.960. The molecule has 2 rings (SSSR count). The molecule has 1 N–H and O–H groups in total. The molecule has 23 heavy (non-hydrogen) atoms. The van der Waals surface area contributed by atoms with Crippen molar-refractivity contribution in [1.82, 2.24) is 24.9 Å². The van der Waals surface area contributed by atoms with Crippen molar-refractivity contribution in [2.45, 2.75) is 45.3 Å². The molecular formula is C15H20N6OS. The van der Waals surface area contributed by atoms with E-state index in [1.807, 2.05) is 38.2 Å². The third-order valence-electron chi connectivity index (χ3n) is 3.78. The van der Waals surface area contributed by atoms with E-state index in [1.165, 1.54) is 11.8 Å². The molecule has 8 heteroatoms. The summed E-state index contributed by atoms with van der Waals surface area (Å²) >= 11 is 1.28. The van der Waals surface area contributed by atoms with E-state index < -0.39 is 5.54 Å². The van der Waals surface area contributed by atoms with Crippen molar-refractivity contribution in [2.24, 2.45) is 5.92 Å². The summed E-state index contributed by atoms with van der Waals surface area (Å²) in [6.07, 6.45) is 0. The Morgan fingerprint density at radius 1 is 1.48 bits per heavy atom. The molecule has 0 unspecified atom stereocenters. The van der Waals surface area contributed by atoms with Crippen molar-refractivity contribution in [3.63, 3.8) is 0 Å². The second-order valence-electron chi connectivity index (χ2n) is 5.96. The predicted molar refractivity (Wildman–Crippen MR) is 88.0 cm³/mol. The minimum Gasteiger partial charge on any atom is -0.337 e. The van der Waals surface area contributed by atoms with Gasteiger partial charge in [0.1, 0.15) is 5.54 Å². The third kappa shape index (κ3) is 3.62. The van der Waals surface area contributed by atoms with Gasteiger partial charge in [-0.3, -0.25) is 9.20 Å². The first-order chi connectivity index (χ1) is 10.8. The number of hydrogen-bond acceptors (Lipinski definition) is 6. The number of aromatic nitrogens is 4. The van der Waals surface area contributed by atoms with Crippen LogP contribution in [0.1, 0.15) is 32.2 Å². The van der Waals surface area contributed by atoms with Gasteiger partial charge >= 0.3 is 0 Å². The van der Waals surface area contributed by atoms with Gasteiger partial charge in [-0.1, -0.05) is 25.6 Å². The van der Waals surface area contributed by atoms with Gasteiger partial charge in [0.15, 0.2) is 5.16 Å². The number of thioether (sulfide) groups is 1. The molecule has 0 radical (unpaired) electrons. The van der Waals surface area contributed by atoms with Crippen LogP contribution in [0.2, 0.25) is 0 Å². The van der Waals surface area contributed by atoms with Gasteiger partial charge in [0.25, 0.3) is 5.78 Å². The molecule has 0 aliphatic rings. The van der Waals surface area contributed by atoms with Gasteiger partial charge in [0.2, 0.25) is 5.91 Å². The van der Waals surface area contributed by atoms with Gasteiger partial charge in [-0.05, 0) is 32.8 Å². The summed E-state index contributed by atoms with van der Waals surface area (Å²) in [5.74, 6) is 0.499. The molecule has 0 bridgehead atoms. The second kappa shape index (κ2) is 6.54. The average molecular weight is 332 g/mol. The Morgan fingerprint density at radius 3 is 2.78 bits per heavy atom. The standard InChI is InChI=1S/C15H20N6OS/c1-9(2)15(5,8-16)18-12(22)7-23-14-20-19-13-17-10(3)6-11(4)21(13)14/h6,9H,7H2,1-5H3,(H,18,22)/t15-/m0/s1. The molecule has 0 fully saturated rings. The van der Waals surface area contributed by atoms with Crippen LogP contribution in [0.15, 0.2) is 11.2 Å². The molecule has 0 spiro atoms. The first kappa shape index (κ1) is 17.2. The molecule has 2 aromatic heterocycles. The van der Waals surface area contributed by atoms with Gasteiger partial charge in [0, 0.05) is 11.4 Å². The lowest BCUT2D eigenvalue weighted by Gasteiger charge is -2.27. The Morgan fingerprint density at radius 2 is 2.17 bits per heavy atom. The Hall–Kier alpha value is -2.14. The maximum atomic E-state index is 12.1. The lowest BCUT2D eigenvalue weighted by Crippen LogP contribution is -2.49. The molecule has 122 valence electrons. The second-order valence-corrected chi connectivity index (χ2v) is 6.91. The monoisotopic (exact) mass is 332 g/mol. The summed E-state index contributed by atoms with van der Waals surface area (Å²) in [6.45, 7) is 9.38. The Labute approximate surface area is 139 Å². The van der Waals surface area contributed by atoms with E-state index in [1.54, 1.807) is 6.92 Å². The van der Waals surface area contributed by atoms with Crippen LogP contribution in [0.5, 0.6) is 0 Å². The maximum Gasteiger partial charge on any atom is 0.256 e. The van der Waals surface area contributed by atoms with Crippen LogP contribution in [0.3, 0.4) is 0 Å². The largest absolute Gasteiger partial charge is 0.337 e. The minimum absolute atomic E-state index is 0.0183. The Kier molecular flexibility index (Phi) is 4.90. The van der Waals surface area contributed by atoms with E-state index in [0.717, 1.165) is 11.4 Å². The molecule has 7 nitrogen and oxygen atoms in total. The highest BCUT2D eigenvalue weighted by Gasteiger charge is 2.30. The Bertz CT molecular complexity index is 778. The van der Waals surface area contributed by atoms with Gasteiger partial charge in [-0.25, -0.2) is 4.98 Å². The first-order valence-corrected chi connectivity index (χ1v) is 8.30. The molecule has 0 saturated heterocycles. The highest BCUT2D eigenvalue weighted by atomic mass is 32.2. The number of carbonyl (C=O) groups excluding carboxylic acids is 1. The lowest BCUT2D eigenvalue weighted by molar-refractivity contribution is -0.120. The van der Waals surface area contributed by atoms with Crippen molar-refractivity contribution in [3.8, 4) is 6.07 Å². The number of rotatable bonds is 5. The fourth-order valence-electron chi connectivity index (χ4n) is 2.05. The highest BCUT2D eigenvalue weighted by Crippen LogP contribution is 2.20. The van der Waals surface area contributed by atoms with Crippen molar-refractivity contribution in [1.29, 1.82) is 5.26 Å². The van der Waals surface area contributed by atoms with E-state index in [0.29, 0.717) is 10.9 Å². The highest BCUT2D eigenvalue weighted by molar-refractivity contribution is 7.99. The fourth-order valence-corrected chi connectivity index (χ4v) is 2.84. The zero-order chi connectivity index (χ0) is 17.2. The number of amides is 1. The van der Waals surface area contributed by atoms with Crippen LogP contribution >= 0.6 is 11.8 Å². The maximum absolute atomic E-state index is 12.1. The number of hydrogen-bond donors (Lipinski definition) is 1. The number of nitrogens with one attached hydrogen (secondary N) is 1. The topological polar surface area (TPSA) is 96.0 Å². The number of carbonyl (C=O) groups is 1. The Balaban J connectivity index is 2.10. The van der Waals surface area contributed by atoms with Crippen LogP contribution in [0, 0.1) is 31.1 Å². The van der Waals surface area contributed by atoms with Crippen LogP contribution in [-0.4, -0.2) is 36.8 Å². The van der Waals surface area contributed by atoms with E-state index in [4.69, 9.17) is 0 Å². The average Bonchev–Trinajstić information content (AvgIpc) is 2.87. The van der Waals surface area contributed by atoms with Gasteiger partial charge in [-0.2, -0.15) is 5.26 Å². The number of fused-ring (bicyclic) bond motifs is 1. The first-order valence-electron chi connectivity index (χ1n) is 7.31. The molecule has 1 atom stereocenters. The van der Waals surface area contributed by atoms with Crippen LogP contribution < -0.4 is 5.32 Å². The molecule has 0 aliphatic carbocycles. The molecule has 2 aromatic rings. The fraction of sp³-hybridized carbons (Fsp3) is 0.533. The quantitative estimate of drug-likeness (QED) is 0.840. The van der Waals surface area contributed by atoms with E-state index in [9.17, 15) is 10.1 Å². The van der Waals surface area contributed by atoms with Gasteiger partial charge < -0.3 is 5.32 Å². The zero-order valence-corrected chi connectivity index (χ0v) is 14.7. The van der Waals surface area contributed by atoms with E-state index in [2.05, 4.69) is 26.6 Å². The summed E-state index contributed by atoms with van der Waals surface area (Å²) in [6, 6.07) is 4.10. The SMILES string of the molecule is Cc1cc(C)n2c(SCC(=O)N[C@@](C)(C#N)C(C)C)nnc2n1. The summed E-state index contributed by atoms with van der Waals surface area (Å²) in [7, 11) is 0. The summed E-state index contributed by atoms with van der Waals surface area (Å²) in [5, 5.41) is 20.8. The smallest absolute Gasteiger partial charge is 0.256 e. The van der Waals surface area contributed by atoms with Gasteiger partial charge in [0.05, 0.1) is 11.8 Å². The van der Waals surface area contributed by atoms with E-state index >= 15 is 0 Å². The number of nitriles is 1. The van der Waals surface area contributed by atoms with Crippen LogP contribution in [-0.2, 0) is 4.79 Å². The van der Waals surface area contributed by atoms with Crippen molar-refractivity contribution >= 4 is 23.4 Å². The molecule has 0 aromatic carbocycles. The van der Waals surface area contributed by atoms with E-state index in [-0.39, 0.29) is 17.6 Å². The third-order valence-corrected chi connectivity index (χ3v) is 4.71. The lowest BCUT2D eigenvalue weighted by atomic mass is 9.90. The number of nitrogens with zero attached hydrogens (tertiary/aromatic N) is 5. The van der Waals surface area contributed by atoms with Crippen molar-refractivity contribution < 1.29 is 4.79 Å².